The van der Waals surface area contributed by atoms with Gasteiger partial charge in [-0.05, 0) is 37.3 Å². The fraction of sp³-hybridized carbons (Fsp3) is 0.583. The number of rotatable bonds is 4. The van der Waals surface area contributed by atoms with E-state index < -0.39 is 0 Å². The van der Waals surface area contributed by atoms with E-state index >= 15 is 0 Å². The predicted octanol–water partition coefficient (Wildman–Crippen LogP) is 2.36. The van der Waals surface area contributed by atoms with Crippen LogP contribution in [-0.2, 0) is 6.54 Å². The average molecular weight is 190 g/mol. The molecule has 0 radical (unpaired) electrons. The van der Waals surface area contributed by atoms with Gasteiger partial charge in [-0.2, -0.15) is 0 Å². The minimum absolute atomic E-state index is 0.656. The van der Waals surface area contributed by atoms with E-state index in [-0.39, 0.29) is 0 Å². The predicted molar refractivity (Wildman–Crippen MR) is 57.9 cm³/mol. The zero-order valence-electron chi connectivity index (χ0n) is 8.74. The van der Waals surface area contributed by atoms with Crippen LogP contribution in [0.5, 0.6) is 0 Å². The van der Waals surface area contributed by atoms with Crippen molar-refractivity contribution in [3.8, 4) is 0 Å². The third-order valence-electron chi connectivity index (χ3n) is 3.21. The highest BCUT2D eigenvalue weighted by molar-refractivity contribution is 5.08. The van der Waals surface area contributed by atoms with Crippen LogP contribution in [0, 0.1) is 5.92 Å². The molecule has 1 N–H and O–H groups in total. The van der Waals surface area contributed by atoms with E-state index in [9.17, 15) is 0 Å². The Labute approximate surface area is 85.7 Å². The molecular formula is C12H18N2. The molecule has 1 unspecified atom stereocenters. The molecule has 1 aromatic rings. The standard InChI is InChI=1S/C12H18N2/c1-10(12-5-2-6-12)14-9-11-4-3-7-13-8-11/h3-4,7-8,10,12,14H,2,5-6,9H2,1H3. The van der Waals surface area contributed by atoms with Crippen molar-refractivity contribution >= 4 is 0 Å². The monoisotopic (exact) mass is 190 g/mol. The first-order valence-corrected chi connectivity index (χ1v) is 5.48. The molecule has 14 heavy (non-hydrogen) atoms. The van der Waals surface area contributed by atoms with E-state index in [0.29, 0.717) is 6.04 Å². The SMILES string of the molecule is CC(NCc1cccnc1)C1CCC1. The summed E-state index contributed by atoms with van der Waals surface area (Å²) >= 11 is 0. The van der Waals surface area contributed by atoms with Crippen LogP contribution in [0.2, 0.25) is 0 Å². The molecule has 0 aromatic carbocycles. The first-order valence-electron chi connectivity index (χ1n) is 5.48. The smallest absolute Gasteiger partial charge is 0.0312 e. The fourth-order valence-electron chi connectivity index (χ4n) is 1.89. The second-order valence-electron chi connectivity index (χ2n) is 4.22. The number of nitrogens with zero attached hydrogens (tertiary/aromatic N) is 1. The maximum absolute atomic E-state index is 4.10. The van der Waals surface area contributed by atoms with Gasteiger partial charge in [0.1, 0.15) is 0 Å². The lowest BCUT2D eigenvalue weighted by molar-refractivity contribution is 0.240. The Bertz CT molecular complexity index is 267. The highest BCUT2D eigenvalue weighted by atomic mass is 14.9. The molecule has 0 aliphatic heterocycles. The molecule has 0 bridgehead atoms. The van der Waals surface area contributed by atoms with Crippen LogP contribution in [0.25, 0.3) is 0 Å². The molecule has 1 aliphatic rings. The summed E-state index contributed by atoms with van der Waals surface area (Å²) in [5.74, 6) is 0.909. The van der Waals surface area contributed by atoms with Gasteiger partial charge in [0.05, 0.1) is 0 Å². The minimum atomic E-state index is 0.656. The Balaban J connectivity index is 1.76. The molecule has 1 aromatic heterocycles. The van der Waals surface area contributed by atoms with Crippen LogP contribution in [0.1, 0.15) is 31.7 Å². The lowest BCUT2D eigenvalue weighted by Gasteiger charge is -2.32. The molecule has 1 saturated carbocycles. The first-order chi connectivity index (χ1) is 6.86. The Morgan fingerprint density at radius 3 is 3.00 bits per heavy atom. The minimum Gasteiger partial charge on any atom is -0.310 e. The zero-order valence-corrected chi connectivity index (χ0v) is 8.74. The van der Waals surface area contributed by atoms with E-state index in [4.69, 9.17) is 0 Å². The van der Waals surface area contributed by atoms with Crippen molar-refractivity contribution < 1.29 is 0 Å². The number of hydrogen-bond donors (Lipinski definition) is 1. The summed E-state index contributed by atoms with van der Waals surface area (Å²) in [7, 11) is 0. The van der Waals surface area contributed by atoms with Crippen LogP contribution in [0.15, 0.2) is 24.5 Å². The molecule has 2 heteroatoms. The molecular weight excluding hydrogens is 172 g/mol. The molecule has 76 valence electrons. The molecule has 0 amide bonds. The van der Waals surface area contributed by atoms with Crippen molar-refractivity contribution in [1.82, 2.24) is 10.3 Å². The highest BCUT2D eigenvalue weighted by Crippen LogP contribution is 2.29. The number of hydrogen-bond acceptors (Lipinski definition) is 2. The third-order valence-corrected chi connectivity index (χ3v) is 3.21. The van der Waals surface area contributed by atoms with Gasteiger partial charge in [0.2, 0.25) is 0 Å². The van der Waals surface area contributed by atoms with Crippen LogP contribution < -0.4 is 5.32 Å². The van der Waals surface area contributed by atoms with Crippen LogP contribution in [0.4, 0.5) is 0 Å². The second-order valence-corrected chi connectivity index (χ2v) is 4.22. The molecule has 2 nitrogen and oxygen atoms in total. The molecule has 0 spiro atoms. The van der Waals surface area contributed by atoms with Crippen molar-refractivity contribution in [3.05, 3.63) is 30.1 Å². The van der Waals surface area contributed by atoms with Gasteiger partial charge in [0.25, 0.3) is 0 Å². The van der Waals surface area contributed by atoms with E-state index in [2.05, 4.69) is 23.3 Å². The third kappa shape index (κ3) is 2.32. The highest BCUT2D eigenvalue weighted by Gasteiger charge is 2.23. The summed E-state index contributed by atoms with van der Waals surface area (Å²) in [4.78, 5) is 4.10. The largest absolute Gasteiger partial charge is 0.310 e. The zero-order chi connectivity index (χ0) is 9.80. The van der Waals surface area contributed by atoms with E-state index in [0.717, 1.165) is 12.5 Å². The maximum Gasteiger partial charge on any atom is 0.0312 e. The van der Waals surface area contributed by atoms with Gasteiger partial charge in [-0.3, -0.25) is 4.98 Å². The Kier molecular flexibility index (Phi) is 3.14. The topological polar surface area (TPSA) is 24.9 Å². The molecule has 1 heterocycles. The van der Waals surface area contributed by atoms with Crippen molar-refractivity contribution in [3.63, 3.8) is 0 Å². The molecule has 0 saturated heterocycles. The summed E-state index contributed by atoms with van der Waals surface area (Å²) in [6, 6.07) is 4.77. The van der Waals surface area contributed by atoms with Gasteiger partial charge in [-0.25, -0.2) is 0 Å². The van der Waals surface area contributed by atoms with Gasteiger partial charge in [-0.1, -0.05) is 12.5 Å². The van der Waals surface area contributed by atoms with Gasteiger partial charge < -0.3 is 5.32 Å². The molecule has 1 aliphatic carbocycles. The van der Waals surface area contributed by atoms with Gasteiger partial charge in [0, 0.05) is 25.0 Å². The molecule has 1 atom stereocenters. The first kappa shape index (κ1) is 9.66. The van der Waals surface area contributed by atoms with Crippen LogP contribution in [-0.4, -0.2) is 11.0 Å². The van der Waals surface area contributed by atoms with Gasteiger partial charge in [0.15, 0.2) is 0 Å². The molecule has 2 rings (SSSR count). The normalized spacial score (nSPS) is 18.9. The lowest BCUT2D eigenvalue weighted by atomic mass is 9.80. The summed E-state index contributed by atoms with van der Waals surface area (Å²) in [5, 5.41) is 3.56. The van der Waals surface area contributed by atoms with E-state index in [1.165, 1.54) is 24.8 Å². The molecule has 1 fully saturated rings. The van der Waals surface area contributed by atoms with Crippen molar-refractivity contribution in [2.24, 2.45) is 5.92 Å². The summed E-state index contributed by atoms with van der Waals surface area (Å²) < 4.78 is 0. The maximum atomic E-state index is 4.10. The number of aromatic nitrogens is 1. The Morgan fingerprint density at radius 1 is 1.57 bits per heavy atom. The van der Waals surface area contributed by atoms with Gasteiger partial charge >= 0.3 is 0 Å². The average Bonchev–Trinajstić information content (AvgIpc) is 2.14. The fourth-order valence-corrected chi connectivity index (χ4v) is 1.89. The lowest BCUT2D eigenvalue weighted by Crippen LogP contribution is -2.36. The van der Waals surface area contributed by atoms with Crippen molar-refractivity contribution in [1.29, 1.82) is 0 Å². The van der Waals surface area contributed by atoms with E-state index in [1.807, 2.05) is 18.5 Å². The number of nitrogens with one attached hydrogen (secondary N) is 1. The van der Waals surface area contributed by atoms with Crippen LogP contribution in [0.3, 0.4) is 0 Å². The summed E-state index contributed by atoms with van der Waals surface area (Å²) in [5.41, 5.74) is 1.28. The second kappa shape index (κ2) is 4.56. The van der Waals surface area contributed by atoms with Crippen molar-refractivity contribution in [2.75, 3.05) is 0 Å². The van der Waals surface area contributed by atoms with Gasteiger partial charge in [-0.15, -0.1) is 0 Å². The van der Waals surface area contributed by atoms with Crippen LogP contribution >= 0.6 is 0 Å². The van der Waals surface area contributed by atoms with E-state index in [1.54, 1.807) is 0 Å². The Morgan fingerprint density at radius 2 is 2.43 bits per heavy atom. The summed E-state index contributed by atoms with van der Waals surface area (Å²) in [6.07, 6.45) is 7.98. The summed E-state index contributed by atoms with van der Waals surface area (Å²) in [6.45, 7) is 3.24. The number of pyridine rings is 1. The Hall–Kier alpha value is -0.890. The van der Waals surface area contributed by atoms with Crippen molar-refractivity contribution in [2.45, 2.75) is 38.8 Å². The quantitative estimate of drug-likeness (QED) is 0.788.